The van der Waals surface area contributed by atoms with Gasteiger partial charge >= 0.3 is 0 Å². The topological polar surface area (TPSA) is 52.0 Å². The van der Waals surface area contributed by atoms with Crippen LogP contribution in [0, 0.1) is 6.92 Å². The van der Waals surface area contributed by atoms with E-state index < -0.39 is 9.05 Å². The predicted octanol–water partition coefficient (Wildman–Crippen LogP) is 1.81. The summed E-state index contributed by atoms with van der Waals surface area (Å²) in [6.07, 6.45) is 0. The molecule has 0 N–H and O–H groups in total. The standard InChI is InChI=1S/C9H9ClN2O2S/c1-6-9-7(11-12(6)2)4-3-5-8(9)15(10,13)14/h3-5H,1-2H3. The zero-order chi connectivity index (χ0) is 11.2. The van der Waals surface area contributed by atoms with Crippen molar-refractivity contribution in [2.24, 2.45) is 7.05 Å². The van der Waals surface area contributed by atoms with E-state index in [1.165, 1.54) is 6.07 Å². The lowest BCUT2D eigenvalue weighted by Gasteiger charge is -1.98. The molecule has 0 spiro atoms. The van der Waals surface area contributed by atoms with Gasteiger partial charge in [-0.25, -0.2) is 8.42 Å². The first-order chi connectivity index (χ1) is 6.91. The van der Waals surface area contributed by atoms with E-state index >= 15 is 0 Å². The zero-order valence-corrected chi connectivity index (χ0v) is 9.80. The molecule has 0 unspecified atom stereocenters. The number of fused-ring (bicyclic) bond motifs is 1. The van der Waals surface area contributed by atoms with Crippen LogP contribution in [0.4, 0.5) is 0 Å². The SMILES string of the molecule is Cc1c2c(S(=O)(=O)Cl)cccc2nn1C. The van der Waals surface area contributed by atoms with Gasteiger partial charge in [0.05, 0.1) is 10.4 Å². The van der Waals surface area contributed by atoms with Crippen molar-refractivity contribution in [3.63, 3.8) is 0 Å². The van der Waals surface area contributed by atoms with E-state index in [9.17, 15) is 8.42 Å². The summed E-state index contributed by atoms with van der Waals surface area (Å²) in [7, 11) is 3.40. The molecule has 0 bridgehead atoms. The number of hydrogen-bond donors (Lipinski definition) is 0. The van der Waals surface area contributed by atoms with Crippen molar-refractivity contribution in [1.29, 1.82) is 0 Å². The quantitative estimate of drug-likeness (QED) is 0.719. The molecule has 1 aromatic carbocycles. The van der Waals surface area contributed by atoms with Crippen LogP contribution >= 0.6 is 10.7 Å². The van der Waals surface area contributed by atoms with Crippen molar-refractivity contribution < 1.29 is 8.42 Å². The van der Waals surface area contributed by atoms with Crippen LogP contribution in [0.2, 0.25) is 0 Å². The molecule has 6 heteroatoms. The van der Waals surface area contributed by atoms with Crippen molar-refractivity contribution in [2.75, 3.05) is 0 Å². The highest BCUT2D eigenvalue weighted by Gasteiger charge is 2.18. The van der Waals surface area contributed by atoms with E-state index in [-0.39, 0.29) is 4.90 Å². The largest absolute Gasteiger partial charge is 0.272 e. The highest BCUT2D eigenvalue weighted by molar-refractivity contribution is 8.14. The maximum absolute atomic E-state index is 11.3. The van der Waals surface area contributed by atoms with Gasteiger partial charge in [-0.15, -0.1) is 0 Å². The van der Waals surface area contributed by atoms with E-state index in [1.807, 2.05) is 0 Å². The Morgan fingerprint density at radius 1 is 1.40 bits per heavy atom. The molecule has 4 nitrogen and oxygen atoms in total. The maximum atomic E-state index is 11.3. The smallest absolute Gasteiger partial charge is 0.262 e. The first-order valence-corrected chi connectivity index (χ1v) is 6.59. The third kappa shape index (κ3) is 1.61. The average molecular weight is 245 g/mol. The summed E-state index contributed by atoms with van der Waals surface area (Å²) in [6, 6.07) is 4.87. The number of benzene rings is 1. The fourth-order valence-corrected chi connectivity index (χ4v) is 2.69. The Kier molecular flexibility index (Phi) is 2.24. The lowest BCUT2D eigenvalue weighted by molar-refractivity contribution is 0.610. The molecule has 0 fully saturated rings. The van der Waals surface area contributed by atoms with Crippen molar-refractivity contribution in [3.05, 3.63) is 23.9 Å². The minimum absolute atomic E-state index is 0.118. The Bertz CT molecular complexity index is 631. The molecular weight excluding hydrogens is 236 g/mol. The molecule has 15 heavy (non-hydrogen) atoms. The Hall–Kier alpha value is -1.07. The Morgan fingerprint density at radius 2 is 2.07 bits per heavy atom. The monoisotopic (exact) mass is 244 g/mol. The molecule has 80 valence electrons. The van der Waals surface area contributed by atoms with Crippen LogP contribution in [0.25, 0.3) is 10.9 Å². The number of hydrogen-bond acceptors (Lipinski definition) is 3. The molecule has 2 aromatic rings. The molecular formula is C9H9ClN2O2S. The van der Waals surface area contributed by atoms with E-state index in [0.29, 0.717) is 10.9 Å². The van der Waals surface area contributed by atoms with Crippen LogP contribution in [0.1, 0.15) is 5.69 Å². The van der Waals surface area contributed by atoms with Crippen LogP contribution < -0.4 is 0 Å². The average Bonchev–Trinajstić information content (AvgIpc) is 2.41. The number of rotatable bonds is 1. The van der Waals surface area contributed by atoms with Gasteiger partial charge in [0.15, 0.2) is 0 Å². The minimum atomic E-state index is -3.72. The van der Waals surface area contributed by atoms with Gasteiger partial charge in [0, 0.05) is 28.8 Å². The number of aromatic nitrogens is 2. The lowest BCUT2D eigenvalue weighted by Crippen LogP contribution is -1.94. The molecule has 0 aliphatic carbocycles. The molecule has 0 amide bonds. The Balaban J connectivity index is 2.99. The maximum Gasteiger partial charge on any atom is 0.262 e. The number of halogens is 1. The third-order valence-corrected chi connectivity index (χ3v) is 3.74. The molecule has 0 saturated heterocycles. The Labute approximate surface area is 91.9 Å². The highest BCUT2D eigenvalue weighted by atomic mass is 35.7. The fourth-order valence-electron chi connectivity index (χ4n) is 1.57. The first kappa shape index (κ1) is 10.4. The van der Waals surface area contributed by atoms with Gasteiger partial charge in [0.2, 0.25) is 0 Å². The van der Waals surface area contributed by atoms with Gasteiger partial charge in [-0.1, -0.05) is 6.07 Å². The van der Waals surface area contributed by atoms with Crippen LogP contribution in [-0.2, 0) is 16.1 Å². The van der Waals surface area contributed by atoms with Crippen LogP contribution in [-0.4, -0.2) is 18.2 Å². The molecule has 0 radical (unpaired) electrons. The minimum Gasteiger partial charge on any atom is -0.272 e. The van der Waals surface area contributed by atoms with Crippen molar-refractivity contribution in [3.8, 4) is 0 Å². The van der Waals surface area contributed by atoms with Crippen LogP contribution in [0.15, 0.2) is 23.1 Å². The van der Waals surface area contributed by atoms with E-state index in [2.05, 4.69) is 5.10 Å². The normalized spacial score (nSPS) is 12.2. The fraction of sp³-hybridized carbons (Fsp3) is 0.222. The first-order valence-electron chi connectivity index (χ1n) is 4.28. The highest BCUT2D eigenvalue weighted by Crippen LogP contribution is 2.27. The van der Waals surface area contributed by atoms with Crippen molar-refractivity contribution >= 4 is 30.6 Å². The van der Waals surface area contributed by atoms with Gasteiger partial charge < -0.3 is 0 Å². The second kappa shape index (κ2) is 3.21. The molecule has 0 aliphatic rings. The molecule has 1 heterocycles. The lowest BCUT2D eigenvalue weighted by atomic mass is 10.2. The third-order valence-electron chi connectivity index (χ3n) is 2.37. The Morgan fingerprint density at radius 3 is 2.67 bits per heavy atom. The summed E-state index contributed by atoms with van der Waals surface area (Å²) in [5.41, 5.74) is 1.42. The summed E-state index contributed by atoms with van der Waals surface area (Å²) in [4.78, 5) is 0.118. The van der Waals surface area contributed by atoms with Gasteiger partial charge in [-0.3, -0.25) is 4.68 Å². The van der Waals surface area contributed by atoms with Gasteiger partial charge in [-0.2, -0.15) is 5.10 Å². The molecule has 2 rings (SSSR count). The van der Waals surface area contributed by atoms with E-state index in [1.54, 1.807) is 30.8 Å². The van der Waals surface area contributed by atoms with Gasteiger partial charge in [-0.05, 0) is 19.1 Å². The van der Waals surface area contributed by atoms with E-state index in [4.69, 9.17) is 10.7 Å². The molecule has 0 atom stereocenters. The van der Waals surface area contributed by atoms with Gasteiger partial charge in [0.25, 0.3) is 9.05 Å². The van der Waals surface area contributed by atoms with Crippen molar-refractivity contribution in [1.82, 2.24) is 9.78 Å². The number of nitrogens with zero attached hydrogens (tertiary/aromatic N) is 2. The molecule has 0 saturated carbocycles. The second-order valence-electron chi connectivity index (χ2n) is 3.30. The van der Waals surface area contributed by atoms with E-state index in [0.717, 1.165) is 5.69 Å². The van der Waals surface area contributed by atoms with Gasteiger partial charge in [0.1, 0.15) is 0 Å². The summed E-state index contributed by atoms with van der Waals surface area (Å²) >= 11 is 0. The second-order valence-corrected chi connectivity index (χ2v) is 5.83. The van der Waals surface area contributed by atoms with Crippen LogP contribution in [0.5, 0.6) is 0 Å². The number of aryl methyl sites for hydroxylation is 2. The predicted molar refractivity (Wildman–Crippen MR) is 58.5 cm³/mol. The molecule has 1 aromatic heterocycles. The summed E-state index contributed by atoms with van der Waals surface area (Å²) in [6.45, 7) is 1.81. The van der Waals surface area contributed by atoms with Crippen molar-refractivity contribution in [2.45, 2.75) is 11.8 Å². The summed E-state index contributed by atoms with van der Waals surface area (Å²) in [5, 5.41) is 4.77. The summed E-state index contributed by atoms with van der Waals surface area (Å²) < 4.78 is 24.3. The summed E-state index contributed by atoms with van der Waals surface area (Å²) in [5.74, 6) is 0. The molecule has 0 aliphatic heterocycles. The van der Waals surface area contributed by atoms with Crippen LogP contribution in [0.3, 0.4) is 0 Å². The zero-order valence-electron chi connectivity index (χ0n) is 8.23.